The Bertz CT molecular complexity index is 355. The Labute approximate surface area is 93.4 Å². The molecule has 0 spiro atoms. The highest BCUT2D eigenvalue weighted by Gasteiger charge is 2.12. The molecular weight excluding hydrogens is 211 g/mol. The lowest BCUT2D eigenvalue weighted by atomic mass is 10.4. The van der Waals surface area contributed by atoms with Gasteiger partial charge in [-0.05, 0) is 25.9 Å². The topological polar surface area (TPSA) is 64.3 Å². The molecule has 0 unspecified atom stereocenters. The summed E-state index contributed by atoms with van der Waals surface area (Å²) in [4.78, 5) is 9.49. The lowest BCUT2D eigenvalue weighted by Crippen LogP contribution is -2.25. The Morgan fingerprint density at radius 1 is 1.44 bits per heavy atom. The molecule has 1 aliphatic rings. The van der Waals surface area contributed by atoms with Gasteiger partial charge in [-0.3, -0.25) is 4.90 Å². The number of likely N-dealkylation sites (tertiary alicyclic amines) is 1. The number of nitrogen functional groups attached to an aromatic ring is 1. The van der Waals surface area contributed by atoms with E-state index >= 15 is 0 Å². The highest BCUT2D eigenvalue weighted by molar-refractivity contribution is 5.22. The second-order valence-electron chi connectivity index (χ2n) is 3.78. The third kappa shape index (κ3) is 2.79. The largest absolute Gasteiger partial charge is 0.474 e. The Balaban J connectivity index is 1.82. The molecule has 2 rings (SSSR count). The van der Waals surface area contributed by atoms with E-state index in [1.807, 2.05) is 0 Å². The number of hydrogen-bond acceptors (Lipinski definition) is 5. The van der Waals surface area contributed by atoms with Crippen molar-refractivity contribution in [2.24, 2.45) is 0 Å². The fraction of sp³-hybridized carbons (Fsp3) is 0.600. The maximum Gasteiger partial charge on any atom is 0.255 e. The number of nitrogens with two attached hydrogens (primary N) is 1. The molecule has 1 aliphatic heterocycles. The monoisotopic (exact) mass is 226 g/mol. The summed E-state index contributed by atoms with van der Waals surface area (Å²) in [6.07, 6.45) is 3.48. The Morgan fingerprint density at radius 3 is 2.94 bits per heavy atom. The summed E-state index contributed by atoms with van der Waals surface area (Å²) in [5.74, 6) is -0.611. The standard InChI is InChI=1S/C10H15FN4O/c11-8-7-13-10(12)14-9(8)16-6-5-15-3-1-2-4-15/h7H,1-6H2,(H2,12,13,14). The Hall–Kier alpha value is -1.43. The quantitative estimate of drug-likeness (QED) is 0.817. The molecule has 1 aromatic rings. The molecule has 0 saturated carbocycles. The highest BCUT2D eigenvalue weighted by atomic mass is 19.1. The van der Waals surface area contributed by atoms with Gasteiger partial charge in [-0.2, -0.15) is 9.37 Å². The third-order valence-corrected chi connectivity index (χ3v) is 2.58. The van der Waals surface area contributed by atoms with Crippen molar-refractivity contribution in [3.63, 3.8) is 0 Å². The van der Waals surface area contributed by atoms with Crippen LogP contribution in [0.2, 0.25) is 0 Å². The second kappa shape index (κ2) is 5.07. The van der Waals surface area contributed by atoms with Crippen LogP contribution in [0.25, 0.3) is 0 Å². The van der Waals surface area contributed by atoms with Crippen LogP contribution in [0.3, 0.4) is 0 Å². The summed E-state index contributed by atoms with van der Waals surface area (Å²) in [7, 11) is 0. The molecule has 1 saturated heterocycles. The van der Waals surface area contributed by atoms with Crippen molar-refractivity contribution in [2.75, 3.05) is 32.0 Å². The van der Waals surface area contributed by atoms with E-state index in [1.165, 1.54) is 12.8 Å². The van der Waals surface area contributed by atoms with Crippen LogP contribution in [0, 0.1) is 5.82 Å². The van der Waals surface area contributed by atoms with E-state index in [4.69, 9.17) is 10.5 Å². The Kier molecular flexibility index (Phi) is 3.51. The maximum absolute atomic E-state index is 13.2. The van der Waals surface area contributed by atoms with E-state index in [0.717, 1.165) is 25.8 Å². The Morgan fingerprint density at radius 2 is 2.19 bits per heavy atom. The maximum atomic E-state index is 13.2. The normalized spacial score (nSPS) is 16.6. The first kappa shape index (κ1) is 11.1. The molecule has 0 atom stereocenters. The zero-order valence-electron chi connectivity index (χ0n) is 9.03. The van der Waals surface area contributed by atoms with Gasteiger partial charge in [0, 0.05) is 6.54 Å². The van der Waals surface area contributed by atoms with E-state index in [2.05, 4.69) is 14.9 Å². The SMILES string of the molecule is Nc1ncc(F)c(OCCN2CCCC2)n1. The van der Waals surface area contributed by atoms with Crippen molar-refractivity contribution >= 4 is 5.95 Å². The summed E-state index contributed by atoms with van der Waals surface area (Å²) < 4.78 is 18.4. The summed E-state index contributed by atoms with van der Waals surface area (Å²) in [6, 6.07) is 0. The van der Waals surface area contributed by atoms with Gasteiger partial charge in [0.2, 0.25) is 11.8 Å². The minimum absolute atomic E-state index is 0.0255. The van der Waals surface area contributed by atoms with Gasteiger partial charge in [-0.15, -0.1) is 0 Å². The van der Waals surface area contributed by atoms with Gasteiger partial charge in [0.05, 0.1) is 6.20 Å². The van der Waals surface area contributed by atoms with Gasteiger partial charge in [0.25, 0.3) is 5.88 Å². The molecule has 0 bridgehead atoms. The third-order valence-electron chi connectivity index (χ3n) is 2.58. The first-order valence-corrected chi connectivity index (χ1v) is 5.39. The lowest BCUT2D eigenvalue weighted by Gasteiger charge is -2.14. The summed E-state index contributed by atoms with van der Waals surface area (Å²) in [5, 5.41) is 0. The average Bonchev–Trinajstić information content (AvgIpc) is 2.76. The fourth-order valence-corrected chi connectivity index (χ4v) is 1.74. The zero-order valence-corrected chi connectivity index (χ0v) is 9.03. The molecule has 88 valence electrons. The molecule has 16 heavy (non-hydrogen) atoms. The van der Waals surface area contributed by atoms with E-state index in [1.54, 1.807) is 0 Å². The highest BCUT2D eigenvalue weighted by Crippen LogP contribution is 2.13. The molecule has 6 heteroatoms. The van der Waals surface area contributed by atoms with Crippen LogP contribution in [0.4, 0.5) is 10.3 Å². The molecule has 1 fully saturated rings. The fourth-order valence-electron chi connectivity index (χ4n) is 1.74. The molecule has 0 aromatic carbocycles. The van der Waals surface area contributed by atoms with Crippen LogP contribution >= 0.6 is 0 Å². The van der Waals surface area contributed by atoms with Gasteiger partial charge in [0.1, 0.15) is 6.61 Å². The zero-order chi connectivity index (χ0) is 11.4. The van der Waals surface area contributed by atoms with Gasteiger partial charge in [0.15, 0.2) is 0 Å². The first-order chi connectivity index (χ1) is 7.75. The number of halogens is 1. The predicted molar refractivity (Wildman–Crippen MR) is 57.6 cm³/mol. The van der Waals surface area contributed by atoms with Crippen molar-refractivity contribution in [1.29, 1.82) is 0 Å². The molecule has 1 aromatic heterocycles. The van der Waals surface area contributed by atoms with E-state index in [-0.39, 0.29) is 11.8 Å². The van der Waals surface area contributed by atoms with Gasteiger partial charge in [-0.1, -0.05) is 0 Å². The smallest absolute Gasteiger partial charge is 0.255 e. The molecular formula is C10H15FN4O. The van der Waals surface area contributed by atoms with Crippen molar-refractivity contribution in [2.45, 2.75) is 12.8 Å². The molecule has 2 N–H and O–H groups in total. The summed E-state index contributed by atoms with van der Waals surface area (Å²) >= 11 is 0. The molecule has 5 nitrogen and oxygen atoms in total. The summed E-state index contributed by atoms with van der Waals surface area (Å²) in [6.45, 7) is 3.41. The van der Waals surface area contributed by atoms with E-state index < -0.39 is 5.82 Å². The van der Waals surface area contributed by atoms with Crippen LogP contribution in [0.15, 0.2) is 6.20 Å². The van der Waals surface area contributed by atoms with Crippen molar-refractivity contribution in [3.05, 3.63) is 12.0 Å². The van der Waals surface area contributed by atoms with E-state index in [0.29, 0.717) is 6.61 Å². The number of hydrogen-bond donors (Lipinski definition) is 1. The number of nitrogens with zero attached hydrogens (tertiary/aromatic N) is 3. The first-order valence-electron chi connectivity index (χ1n) is 5.39. The van der Waals surface area contributed by atoms with Crippen LogP contribution in [-0.4, -0.2) is 41.1 Å². The van der Waals surface area contributed by atoms with Crippen LogP contribution in [0.1, 0.15) is 12.8 Å². The minimum atomic E-state index is -0.573. The second-order valence-corrected chi connectivity index (χ2v) is 3.78. The molecule has 2 heterocycles. The lowest BCUT2D eigenvalue weighted by molar-refractivity contribution is 0.224. The van der Waals surface area contributed by atoms with Crippen LogP contribution in [0.5, 0.6) is 5.88 Å². The number of rotatable bonds is 4. The average molecular weight is 226 g/mol. The van der Waals surface area contributed by atoms with E-state index in [9.17, 15) is 4.39 Å². The minimum Gasteiger partial charge on any atom is -0.474 e. The number of aromatic nitrogens is 2. The molecule has 0 radical (unpaired) electrons. The predicted octanol–water partition coefficient (Wildman–Crippen LogP) is 0.672. The van der Waals surface area contributed by atoms with Crippen molar-refractivity contribution < 1.29 is 9.13 Å². The molecule has 0 aliphatic carbocycles. The van der Waals surface area contributed by atoms with Crippen LogP contribution < -0.4 is 10.5 Å². The summed E-state index contributed by atoms with van der Waals surface area (Å²) in [5.41, 5.74) is 5.34. The van der Waals surface area contributed by atoms with Crippen molar-refractivity contribution in [3.8, 4) is 5.88 Å². The van der Waals surface area contributed by atoms with Gasteiger partial charge < -0.3 is 10.5 Å². The van der Waals surface area contributed by atoms with Crippen LogP contribution in [-0.2, 0) is 0 Å². The number of anilines is 1. The van der Waals surface area contributed by atoms with Crippen molar-refractivity contribution in [1.82, 2.24) is 14.9 Å². The van der Waals surface area contributed by atoms with Gasteiger partial charge in [-0.25, -0.2) is 4.98 Å². The van der Waals surface area contributed by atoms with Gasteiger partial charge >= 0.3 is 0 Å². The number of ether oxygens (including phenoxy) is 1. The molecule has 0 amide bonds.